The van der Waals surface area contributed by atoms with E-state index in [1.807, 2.05) is 18.5 Å². The Hall–Kier alpha value is -1.97. The van der Waals surface area contributed by atoms with Gasteiger partial charge in [0.1, 0.15) is 11.6 Å². The van der Waals surface area contributed by atoms with Gasteiger partial charge >= 0.3 is 0 Å². The van der Waals surface area contributed by atoms with Crippen LogP contribution in [-0.2, 0) is 7.05 Å². The first-order valence-electron chi connectivity index (χ1n) is 4.87. The van der Waals surface area contributed by atoms with Crippen LogP contribution < -0.4 is 0 Å². The number of aromatic nitrogens is 2. The van der Waals surface area contributed by atoms with Gasteiger partial charge in [0.2, 0.25) is 0 Å². The monoisotopic (exact) mass is 218 g/mol. The number of carbonyl (C=O) groups excluding carboxylic acids is 1. The maximum atomic E-state index is 13.2. The molecule has 82 valence electrons. The van der Waals surface area contributed by atoms with E-state index in [4.69, 9.17) is 0 Å². The number of aryl methyl sites for hydroxylation is 1. The number of nitrogens with zero attached hydrogens (tertiary/aromatic N) is 2. The maximum Gasteiger partial charge on any atom is 0.150 e. The highest BCUT2D eigenvalue weighted by Crippen LogP contribution is 2.23. The van der Waals surface area contributed by atoms with E-state index >= 15 is 0 Å². The van der Waals surface area contributed by atoms with Crippen molar-refractivity contribution in [3.05, 3.63) is 41.6 Å². The number of carbonyl (C=O) groups is 1. The van der Waals surface area contributed by atoms with Crippen LogP contribution in [-0.4, -0.2) is 15.8 Å². The van der Waals surface area contributed by atoms with E-state index in [1.165, 1.54) is 18.2 Å². The van der Waals surface area contributed by atoms with Crippen LogP contribution in [0.4, 0.5) is 4.39 Å². The average molecular weight is 218 g/mol. The Bertz CT molecular complexity index is 546. The number of benzene rings is 1. The lowest BCUT2D eigenvalue weighted by Crippen LogP contribution is -1.97. The summed E-state index contributed by atoms with van der Waals surface area (Å²) in [5, 5.41) is 0. The molecule has 0 unspecified atom stereocenters. The molecule has 1 aromatic carbocycles. The summed E-state index contributed by atoms with van der Waals surface area (Å²) in [5.41, 5.74) is 1.77. The Balaban J connectivity index is 2.67. The molecular weight excluding hydrogens is 207 g/mol. The second-order valence-corrected chi connectivity index (χ2v) is 3.60. The largest absolute Gasteiger partial charge is 0.331 e. The van der Waals surface area contributed by atoms with Crippen molar-refractivity contribution in [1.82, 2.24) is 9.55 Å². The number of aldehydes is 1. The minimum absolute atomic E-state index is 0.362. The molecule has 0 atom stereocenters. The first-order chi connectivity index (χ1) is 7.63. The standard InChI is InChI=1S/C12H11FN2O/c1-8-14-6-12(15(8)2)11-5-10(13)4-3-9(11)7-16/h3-7H,1-2H3. The molecule has 0 aliphatic heterocycles. The predicted octanol–water partition coefficient (Wildman–Crippen LogP) is 2.35. The van der Waals surface area contributed by atoms with Gasteiger partial charge in [0, 0.05) is 18.2 Å². The van der Waals surface area contributed by atoms with Crippen LogP contribution in [0.2, 0.25) is 0 Å². The van der Waals surface area contributed by atoms with E-state index in [9.17, 15) is 9.18 Å². The molecule has 3 nitrogen and oxygen atoms in total. The third-order valence-electron chi connectivity index (χ3n) is 2.64. The van der Waals surface area contributed by atoms with Gasteiger partial charge < -0.3 is 4.57 Å². The fourth-order valence-corrected chi connectivity index (χ4v) is 1.61. The molecule has 0 saturated carbocycles. The topological polar surface area (TPSA) is 34.9 Å². The van der Waals surface area contributed by atoms with Crippen molar-refractivity contribution in [3.63, 3.8) is 0 Å². The van der Waals surface area contributed by atoms with E-state index in [0.29, 0.717) is 11.1 Å². The van der Waals surface area contributed by atoms with Crippen LogP contribution in [0.1, 0.15) is 16.2 Å². The lowest BCUT2D eigenvalue weighted by molar-refractivity contribution is 0.112. The van der Waals surface area contributed by atoms with Crippen LogP contribution in [0.5, 0.6) is 0 Å². The molecule has 0 aliphatic carbocycles. The predicted molar refractivity (Wildman–Crippen MR) is 58.7 cm³/mol. The van der Waals surface area contributed by atoms with E-state index in [0.717, 1.165) is 17.8 Å². The van der Waals surface area contributed by atoms with E-state index < -0.39 is 0 Å². The van der Waals surface area contributed by atoms with Gasteiger partial charge in [-0.1, -0.05) is 0 Å². The van der Waals surface area contributed by atoms with Gasteiger partial charge in [0.25, 0.3) is 0 Å². The maximum absolute atomic E-state index is 13.2. The first kappa shape index (κ1) is 10.5. The summed E-state index contributed by atoms with van der Waals surface area (Å²) < 4.78 is 15.0. The third-order valence-corrected chi connectivity index (χ3v) is 2.64. The normalized spacial score (nSPS) is 10.4. The number of hydrogen-bond acceptors (Lipinski definition) is 2. The Labute approximate surface area is 92.5 Å². The van der Waals surface area contributed by atoms with Gasteiger partial charge in [0.05, 0.1) is 11.9 Å². The van der Waals surface area contributed by atoms with Gasteiger partial charge in [-0.2, -0.15) is 0 Å². The summed E-state index contributed by atoms with van der Waals surface area (Å²) in [6.07, 6.45) is 2.36. The fourth-order valence-electron chi connectivity index (χ4n) is 1.61. The molecular formula is C12H11FN2O. The van der Waals surface area contributed by atoms with Gasteiger partial charge in [-0.15, -0.1) is 0 Å². The molecule has 2 aromatic rings. The minimum atomic E-state index is -0.362. The third kappa shape index (κ3) is 1.62. The SMILES string of the molecule is Cc1ncc(-c2cc(F)ccc2C=O)n1C. The highest BCUT2D eigenvalue weighted by molar-refractivity contribution is 5.86. The van der Waals surface area contributed by atoms with Crippen molar-refractivity contribution >= 4 is 6.29 Å². The minimum Gasteiger partial charge on any atom is -0.331 e. The zero-order valence-electron chi connectivity index (χ0n) is 9.07. The van der Waals surface area contributed by atoms with Gasteiger partial charge in [0.15, 0.2) is 6.29 Å². The van der Waals surface area contributed by atoms with Gasteiger partial charge in [-0.05, 0) is 25.1 Å². The van der Waals surface area contributed by atoms with Gasteiger partial charge in [-0.3, -0.25) is 4.79 Å². The zero-order valence-corrected chi connectivity index (χ0v) is 9.07. The van der Waals surface area contributed by atoms with Crippen molar-refractivity contribution in [2.75, 3.05) is 0 Å². The van der Waals surface area contributed by atoms with Crippen molar-refractivity contribution in [2.24, 2.45) is 7.05 Å². The Morgan fingerprint density at radius 2 is 2.19 bits per heavy atom. The molecule has 0 fully saturated rings. The van der Waals surface area contributed by atoms with Crippen LogP contribution in [0, 0.1) is 12.7 Å². The molecule has 1 aromatic heterocycles. The molecule has 4 heteroatoms. The Kier molecular flexibility index (Phi) is 2.56. The summed E-state index contributed by atoms with van der Waals surface area (Å²) in [6.45, 7) is 1.85. The Morgan fingerprint density at radius 3 is 2.75 bits per heavy atom. The molecule has 0 amide bonds. The number of rotatable bonds is 2. The second-order valence-electron chi connectivity index (χ2n) is 3.60. The zero-order chi connectivity index (χ0) is 11.7. The van der Waals surface area contributed by atoms with Crippen LogP contribution in [0.15, 0.2) is 24.4 Å². The van der Waals surface area contributed by atoms with E-state index in [2.05, 4.69) is 4.98 Å². The van der Waals surface area contributed by atoms with Crippen molar-refractivity contribution in [3.8, 4) is 11.3 Å². The number of imidazole rings is 1. The highest BCUT2D eigenvalue weighted by Gasteiger charge is 2.10. The summed E-state index contributed by atoms with van der Waals surface area (Å²) in [5.74, 6) is 0.454. The summed E-state index contributed by atoms with van der Waals surface area (Å²) in [6, 6.07) is 4.09. The van der Waals surface area contributed by atoms with Crippen LogP contribution >= 0.6 is 0 Å². The quantitative estimate of drug-likeness (QED) is 0.725. The molecule has 1 heterocycles. The molecule has 0 saturated heterocycles. The van der Waals surface area contributed by atoms with E-state index in [-0.39, 0.29) is 5.82 Å². The van der Waals surface area contributed by atoms with Crippen molar-refractivity contribution in [2.45, 2.75) is 6.92 Å². The van der Waals surface area contributed by atoms with Gasteiger partial charge in [-0.25, -0.2) is 9.37 Å². The molecule has 16 heavy (non-hydrogen) atoms. The molecule has 0 bridgehead atoms. The molecule has 0 N–H and O–H groups in total. The summed E-state index contributed by atoms with van der Waals surface area (Å²) in [7, 11) is 1.83. The van der Waals surface area contributed by atoms with E-state index in [1.54, 1.807) is 6.20 Å². The average Bonchev–Trinajstić information content (AvgIpc) is 2.60. The summed E-state index contributed by atoms with van der Waals surface area (Å²) in [4.78, 5) is 15.0. The second kappa shape index (κ2) is 3.89. The fraction of sp³-hybridized carbons (Fsp3) is 0.167. The molecule has 2 rings (SSSR count). The first-order valence-corrected chi connectivity index (χ1v) is 4.87. The number of halogens is 1. The van der Waals surface area contributed by atoms with Crippen molar-refractivity contribution in [1.29, 1.82) is 0 Å². The molecule has 0 radical (unpaired) electrons. The molecule has 0 spiro atoms. The summed E-state index contributed by atoms with van der Waals surface area (Å²) >= 11 is 0. The number of hydrogen-bond donors (Lipinski definition) is 0. The van der Waals surface area contributed by atoms with Crippen LogP contribution in [0.3, 0.4) is 0 Å². The van der Waals surface area contributed by atoms with Crippen molar-refractivity contribution < 1.29 is 9.18 Å². The lowest BCUT2D eigenvalue weighted by atomic mass is 10.1. The molecule has 0 aliphatic rings. The lowest BCUT2D eigenvalue weighted by Gasteiger charge is -2.06. The highest BCUT2D eigenvalue weighted by atomic mass is 19.1. The van der Waals surface area contributed by atoms with Crippen LogP contribution in [0.25, 0.3) is 11.3 Å². The smallest absolute Gasteiger partial charge is 0.150 e. The Morgan fingerprint density at radius 1 is 1.44 bits per heavy atom.